The molecule has 0 aliphatic carbocycles. The quantitative estimate of drug-likeness (QED) is 0.892. The normalized spacial score (nSPS) is 17.4. The van der Waals surface area contributed by atoms with E-state index in [0.29, 0.717) is 32.4 Å². The van der Waals surface area contributed by atoms with Gasteiger partial charge in [-0.3, -0.25) is 4.79 Å². The largest absolute Gasteiger partial charge is 0.353 e. The molecule has 122 valence electrons. The maximum atomic E-state index is 12.6. The van der Waals surface area contributed by atoms with Crippen molar-refractivity contribution >= 4 is 27.5 Å². The van der Waals surface area contributed by atoms with Crippen molar-refractivity contribution in [1.82, 2.24) is 9.62 Å². The highest BCUT2D eigenvalue weighted by Crippen LogP contribution is 2.26. The summed E-state index contributed by atoms with van der Waals surface area (Å²) in [5, 5.41) is 3.19. The van der Waals surface area contributed by atoms with Crippen molar-refractivity contribution in [3.8, 4) is 0 Å². The number of halogens is 1. The molecule has 1 aliphatic rings. The van der Waals surface area contributed by atoms with Crippen LogP contribution in [0.2, 0.25) is 5.02 Å². The van der Waals surface area contributed by atoms with Gasteiger partial charge in [0, 0.05) is 25.6 Å². The fourth-order valence-electron chi connectivity index (χ4n) is 2.56. The van der Waals surface area contributed by atoms with Crippen molar-refractivity contribution in [2.75, 3.05) is 13.1 Å². The summed E-state index contributed by atoms with van der Waals surface area (Å²) in [4.78, 5) is 11.7. The van der Waals surface area contributed by atoms with E-state index in [2.05, 4.69) is 5.32 Å². The topological polar surface area (TPSA) is 66.5 Å². The highest BCUT2D eigenvalue weighted by Gasteiger charge is 2.30. The second kappa shape index (κ2) is 7.44. The maximum absolute atomic E-state index is 12.6. The van der Waals surface area contributed by atoms with E-state index < -0.39 is 10.0 Å². The third-order valence-electron chi connectivity index (χ3n) is 3.75. The lowest BCUT2D eigenvalue weighted by Gasteiger charge is -2.31. The van der Waals surface area contributed by atoms with Crippen LogP contribution >= 0.6 is 11.6 Å². The van der Waals surface area contributed by atoms with Crippen LogP contribution < -0.4 is 5.32 Å². The summed E-state index contributed by atoms with van der Waals surface area (Å²) in [6, 6.07) is 6.52. The minimum Gasteiger partial charge on any atom is -0.353 e. The lowest BCUT2D eigenvalue weighted by atomic mass is 10.1. The zero-order chi connectivity index (χ0) is 16.2. The third kappa shape index (κ3) is 4.00. The monoisotopic (exact) mass is 344 g/mol. The van der Waals surface area contributed by atoms with Gasteiger partial charge in [0.2, 0.25) is 15.9 Å². The number of nitrogens with zero attached hydrogens (tertiary/aromatic N) is 1. The van der Waals surface area contributed by atoms with Gasteiger partial charge in [0.1, 0.15) is 4.90 Å². The van der Waals surface area contributed by atoms with Crippen molar-refractivity contribution in [2.45, 2.75) is 43.5 Å². The van der Waals surface area contributed by atoms with E-state index in [9.17, 15) is 13.2 Å². The summed E-state index contributed by atoms with van der Waals surface area (Å²) in [7, 11) is -3.57. The average Bonchev–Trinajstić information content (AvgIpc) is 2.48. The van der Waals surface area contributed by atoms with E-state index in [1.165, 1.54) is 10.4 Å². The van der Waals surface area contributed by atoms with Crippen LogP contribution in [0.4, 0.5) is 0 Å². The van der Waals surface area contributed by atoms with Crippen LogP contribution in [0.25, 0.3) is 0 Å². The Labute approximate surface area is 136 Å². The predicted octanol–water partition coefficient (Wildman–Crippen LogP) is 2.41. The number of sulfonamides is 1. The summed E-state index contributed by atoms with van der Waals surface area (Å²) in [5.41, 5.74) is 0. The van der Waals surface area contributed by atoms with Crippen LogP contribution in [-0.4, -0.2) is 37.8 Å². The molecule has 1 aromatic rings. The van der Waals surface area contributed by atoms with E-state index in [1.54, 1.807) is 18.2 Å². The van der Waals surface area contributed by atoms with Crippen molar-refractivity contribution in [3.63, 3.8) is 0 Å². The van der Waals surface area contributed by atoms with E-state index in [4.69, 9.17) is 11.6 Å². The van der Waals surface area contributed by atoms with Crippen LogP contribution in [0.5, 0.6) is 0 Å². The molecular formula is C15H21ClN2O3S. The number of carbonyl (C=O) groups excluding carboxylic acids is 1. The Morgan fingerprint density at radius 2 is 1.95 bits per heavy atom. The van der Waals surface area contributed by atoms with Gasteiger partial charge in [0.15, 0.2) is 0 Å². The first kappa shape index (κ1) is 17.2. The highest BCUT2D eigenvalue weighted by atomic mass is 35.5. The highest BCUT2D eigenvalue weighted by molar-refractivity contribution is 7.89. The molecule has 1 saturated heterocycles. The van der Waals surface area contributed by atoms with Gasteiger partial charge in [-0.25, -0.2) is 8.42 Å². The summed E-state index contributed by atoms with van der Waals surface area (Å²) >= 11 is 6.00. The molecule has 22 heavy (non-hydrogen) atoms. The Hall–Kier alpha value is -1.11. The van der Waals surface area contributed by atoms with Crippen LogP contribution in [0.15, 0.2) is 29.2 Å². The number of hydrogen-bond donors (Lipinski definition) is 1. The first-order valence-electron chi connectivity index (χ1n) is 7.49. The van der Waals surface area contributed by atoms with Gasteiger partial charge in [-0.1, -0.05) is 30.7 Å². The Morgan fingerprint density at radius 3 is 2.55 bits per heavy atom. The molecule has 0 bridgehead atoms. The number of amides is 1. The maximum Gasteiger partial charge on any atom is 0.244 e. The molecule has 1 fully saturated rings. The van der Waals surface area contributed by atoms with Gasteiger partial charge >= 0.3 is 0 Å². The molecular weight excluding hydrogens is 324 g/mol. The smallest absolute Gasteiger partial charge is 0.244 e. The second-order valence-corrected chi connectivity index (χ2v) is 7.74. The Morgan fingerprint density at radius 1 is 1.32 bits per heavy atom. The summed E-state index contributed by atoms with van der Waals surface area (Å²) in [5.74, 6) is 0.0370. The number of piperidine rings is 1. The number of carbonyl (C=O) groups is 1. The van der Waals surface area contributed by atoms with E-state index in [0.717, 1.165) is 6.42 Å². The lowest BCUT2D eigenvalue weighted by Crippen LogP contribution is -2.46. The van der Waals surface area contributed by atoms with Gasteiger partial charge in [-0.05, 0) is 31.4 Å². The Kier molecular flexibility index (Phi) is 5.83. The molecule has 2 rings (SSSR count). The molecule has 1 heterocycles. The molecule has 5 nitrogen and oxygen atoms in total. The van der Waals surface area contributed by atoms with Crippen molar-refractivity contribution in [1.29, 1.82) is 0 Å². The number of hydrogen-bond acceptors (Lipinski definition) is 3. The SMILES string of the molecule is CCCC(=O)NC1CCN(S(=O)(=O)c2ccccc2Cl)CC1. The summed E-state index contributed by atoms with van der Waals surface area (Å²) < 4.78 is 26.6. The standard InChI is InChI=1S/C15H21ClN2O3S/c1-2-5-15(19)17-12-8-10-18(11-9-12)22(20,21)14-7-4-3-6-13(14)16/h3-4,6-7,12H,2,5,8-11H2,1H3,(H,17,19). The zero-order valence-corrected chi connectivity index (χ0v) is 14.2. The van der Waals surface area contributed by atoms with E-state index >= 15 is 0 Å². The molecule has 7 heteroatoms. The van der Waals surface area contributed by atoms with Gasteiger partial charge in [-0.2, -0.15) is 4.31 Å². The molecule has 0 spiro atoms. The van der Waals surface area contributed by atoms with Gasteiger partial charge in [-0.15, -0.1) is 0 Å². The Balaban J connectivity index is 1.99. The van der Waals surface area contributed by atoms with Gasteiger partial charge in [0.25, 0.3) is 0 Å². The zero-order valence-electron chi connectivity index (χ0n) is 12.6. The van der Waals surface area contributed by atoms with Crippen molar-refractivity contribution in [2.24, 2.45) is 0 Å². The van der Waals surface area contributed by atoms with Crippen LogP contribution in [0.3, 0.4) is 0 Å². The van der Waals surface area contributed by atoms with Crippen LogP contribution in [0.1, 0.15) is 32.6 Å². The lowest BCUT2D eigenvalue weighted by molar-refractivity contribution is -0.122. The summed E-state index contributed by atoms with van der Waals surface area (Å²) in [6.45, 7) is 2.74. The minimum absolute atomic E-state index is 0.0370. The van der Waals surface area contributed by atoms with Gasteiger partial charge < -0.3 is 5.32 Å². The molecule has 0 radical (unpaired) electrons. The predicted molar refractivity (Wildman–Crippen MR) is 86.3 cm³/mol. The van der Waals surface area contributed by atoms with Crippen LogP contribution in [0, 0.1) is 0 Å². The Bertz CT molecular complexity index is 625. The molecule has 0 atom stereocenters. The minimum atomic E-state index is -3.57. The second-order valence-electron chi connectivity index (χ2n) is 5.43. The van der Waals surface area contributed by atoms with Crippen molar-refractivity contribution < 1.29 is 13.2 Å². The molecule has 0 aromatic heterocycles. The first-order valence-corrected chi connectivity index (χ1v) is 9.31. The van der Waals surface area contributed by atoms with E-state index in [-0.39, 0.29) is 21.9 Å². The molecule has 1 aromatic carbocycles. The molecule has 1 amide bonds. The molecule has 1 aliphatic heterocycles. The third-order valence-corrected chi connectivity index (χ3v) is 6.15. The molecule has 0 unspecified atom stereocenters. The fraction of sp³-hybridized carbons (Fsp3) is 0.533. The van der Waals surface area contributed by atoms with Crippen molar-refractivity contribution in [3.05, 3.63) is 29.3 Å². The average molecular weight is 345 g/mol. The number of rotatable bonds is 5. The van der Waals surface area contributed by atoms with E-state index in [1.807, 2.05) is 6.92 Å². The fourth-order valence-corrected chi connectivity index (χ4v) is 4.52. The molecule has 1 N–H and O–H groups in total. The summed E-state index contributed by atoms with van der Waals surface area (Å²) in [6.07, 6.45) is 2.57. The molecule has 0 saturated carbocycles. The number of nitrogens with one attached hydrogen (secondary N) is 1. The number of benzene rings is 1. The van der Waals surface area contributed by atoms with Gasteiger partial charge in [0.05, 0.1) is 5.02 Å². The first-order chi connectivity index (χ1) is 10.4. The van der Waals surface area contributed by atoms with Crippen LogP contribution in [-0.2, 0) is 14.8 Å².